The highest BCUT2D eigenvalue weighted by molar-refractivity contribution is 5.61. The lowest BCUT2D eigenvalue weighted by Gasteiger charge is -1.98. The zero-order chi connectivity index (χ0) is 12.4. The normalized spacial score (nSPS) is 12.6. The lowest BCUT2D eigenvalue weighted by atomic mass is 10.8. The predicted octanol–water partition coefficient (Wildman–Crippen LogP) is 0.529. The molecule has 0 atom stereocenters. The first-order chi connectivity index (χ1) is 7.52. The van der Waals surface area contributed by atoms with Gasteiger partial charge in [0.25, 0.3) is 0 Å². The van der Waals surface area contributed by atoms with Crippen molar-refractivity contribution >= 4 is 18.5 Å². The predicted molar refractivity (Wildman–Crippen MR) is 45.3 cm³/mol. The van der Waals surface area contributed by atoms with E-state index in [9.17, 15) is 14.4 Å². The van der Waals surface area contributed by atoms with Crippen molar-refractivity contribution in [3.63, 3.8) is 0 Å². The summed E-state index contributed by atoms with van der Waals surface area (Å²) < 4.78 is 16.4. The number of hydrogen-bond donors (Lipinski definition) is 2. The fourth-order valence-corrected chi connectivity index (χ4v) is 0.550. The summed E-state index contributed by atoms with van der Waals surface area (Å²) in [5, 5.41) is 15.7. The molecule has 92 valence electrons. The van der Waals surface area contributed by atoms with E-state index in [1.54, 1.807) is 0 Å². The highest BCUT2D eigenvalue weighted by Gasteiger charge is 2.09. The van der Waals surface area contributed by atoms with Gasteiger partial charge in [0.2, 0.25) is 0 Å². The largest absolute Gasteiger partial charge is 0.508 e. The Morgan fingerprint density at radius 3 is 1.62 bits per heavy atom. The van der Waals surface area contributed by atoms with Crippen LogP contribution in [0.5, 0.6) is 0 Å². The molecule has 0 spiro atoms. The van der Waals surface area contributed by atoms with Crippen LogP contribution >= 0.6 is 0 Å². The highest BCUT2D eigenvalue weighted by atomic mass is 16.8. The fraction of sp³-hybridized carbons (Fsp3) is 0.571. The van der Waals surface area contributed by atoms with Crippen LogP contribution in [0.2, 0.25) is 0 Å². The van der Waals surface area contributed by atoms with E-state index in [-0.39, 0.29) is 13.2 Å². The molecule has 0 aromatic rings. The molecule has 16 heavy (non-hydrogen) atoms. The van der Waals surface area contributed by atoms with Crippen molar-refractivity contribution in [2.24, 2.45) is 0 Å². The van der Waals surface area contributed by atoms with Crippen molar-refractivity contribution in [2.75, 3.05) is 26.4 Å². The second-order valence-corrected chi connectivity index (χ2v) is 2.18. The first-order valence-corrected chi connectivity index (χ1v) is 4.03. The third kappa shape index (κ3) is 9.89. The van der Waals surface area contributed by atoms with Gasteiger partial charge in [-0.3, -0.25) is 0 Å². The topological polar surface area (TPSA) is 129 Å². The number of carbonyl (C=O) groups is 3. The van der Waals surface area contributed by atoms with Gasteiger partial charge in [-0.2, -0.15) is 0 Å². The summed E-state index contributed by atoms with van der Waals surface area (Å²) in [6.45, 7) is 0.279. The fourth-order valence-electron chi connectivity index (χ4n) is 0.550. The molecule has 0 aliphatic carbocycles. The Morgan fingerprint density at radius 2 is 1.44 bits per heavy atom. The SMILES string of the molecule is O=C(O)OCCOC(=O)O.O=C1OCCO1. The van der Waals surface area contributed by atoms with E-state index in [0.717, 1.165) is 0 Å². The maximum Gasteiger partial charge on any atom is 0.508 e. The van der Waals surface area contributed by atoms with Gasteiger partial charge in [0.1, 0.15) is 26.4 Å². The van der Waals surface area contributed by atoms with Gasteiger partial charge >= 0.3 is 18.5 Å². The third-order valence-electron chi connectivity index (χ3n) is 1.06. The van der Waals surface area contributed by atoms with Crippen molar-refractivity contribution in [1.82, 2.24) is 0 Å². The monoisotopic (exact) mass is 238 g/mol. The molecule has 1 heterocycles. The summed E-state index contributed by atoms with van der Waals surface area (Å²) in [6.07, 6.45) is -3.45. The average molecular weight is 238 g/mol. The minimum absolute atomic E-state index is 0.276. The Kier molecular flexibility index (Phi) is 7.03. The van der Waals surface area contributed by atoms with Gasteiger partial charge in [-0.05, 0) is 0 Å². The molecule has 1 rings (SSSR count). The van der Waals surface area contributed by atoms with Crippen LogP contribution in [-0.4, -0.2) is 55.1 Å². The first kappa shape index (κ1) is 13.8. The molecule has 9 heteroatoms. The molecule has 0 amide bonds. The van der Waals surface area contributed by atoms with Gasteiger partial charge in [0, 0.05) is 0 Å². The zero-order valence-corrected chi connectivity index (χ0v) is 8.08. The minimum Gasteiger partial charge on any atom is -0.450 e. The van der Waals surface area contributed by atoms with E-state index < -0.39 is 18.5 Å². The lowest BCUT2D eigenvalue weighted by molar-refractivity contribution is 0.0472. The third-order valence-corrected chi connectivity index (χ3v) is 1.06. The van der Waals surface area contributed by atoms with Gasteiger partial charge in [-0.15, -0.1) is 0 Å². The van der Waals surface area contributed by atoms with E-state index >= 15 is 0 Å². The maximum absolute atomic E-state index is 9.80. The Morgan fingerprint density at radius 1 is 1.06 bits per heavy atom. The standard InChI is InChI=1S/C4H6O6.C3H4O3/c5-3(6)9-1-2-10-4(7)8;4-3-5-1-2-6-3/h1-2H2,(H,5,6)(H,7,8);1-2H2. The molecule has 1 saturated heterocycles. The summed E-state index contributed by atoms with van der Waals surface area (Å²) in [5.74, 6) is 0. The van der Waals surface area contributed by atoms with E-state index in [0.29, 0.717) is 13.2 Å². The molecule has 1 aliphatic rings. The average Bonchev–Trinajstić information content (AvgIpc) is 2.64. The zero-order valence-electron chi connectivity index (χ0n) is 8.08. The number of ether oxygens (including phenoxy) is 4. The number of rotatable bonds is 3. The molecule has 0 aromatic heterocycles. The van der Waals surface area contributed by atoms with Crippen LogP contribution in [0.3, 0.4) is 0 Å². The molecule has 9 nitrogen and oxygen atoms in total. The molecule has 0 saturated carbocycles. The number of carboxylic acid groups (broad SMARTS) is 2. The molecule has 0 aromatic carbocycles. The van der Waals surface area contributed by atoms with Gasteiger partial charge < -0.3 is 29.2 Å². The van der Waals surface area contributed by atoms with Gasteiger partial charge in [-0.25, -0.2) is 14.4 Å². The summed E-state index contributed by atoms with van der Waals surface area (Å²) in [5.41, 5.74) is 0. The van der Waals surface area contributed by atoms with E-state index in [4.69, 9.17) is 10.2 Å². The lowest BCUT2D eigenvalue weighted by Crippen LogP contribution is -2.10. The van der Waals surface area contributed by atoms with Gasteiger partial charge in [0.15, 0.2) is 0 Å². The van der Waals surface area contributed by atoms with E-state index in [1.807, 2.05) is 0 Å². The van der Waals surface area contributed by atoms with Crippen LogP contribution in [0.1, 0.15) is 0 Å². The van der Waals surface area contributed by atoms with Crippen LogP contribution < -0.4 is 0 Å². The Bertz CT molecular complexity index is 224. The van der Waals surface area contributed by atoms with Crippen molar-refractivity contribution in [3.8, 4) is 0 Å². The number of hydrogen-bond acceptors (Lipinski definition) is 7. The second kappa shape index (κ2) is 8.15. The van der Waals surface area contributed by atoms with E-state index in [2.05, 4.69) is 18.9 Å². The molecule has 1 aliphatic heterocycles. The molecular weight excluding hydrogens is 228 g/mol. The first-order valence-electron chi connectivity index (χ1n) is 4.03. The van der Waals surface area contributed by atoms with Crippen LogP contribution in [-0.2, 0) is 18.9 Å². The van der Waals surface area contributed by atoms with Crippen LogP contribution in [0.25, 0.3) is 0 Å². The van der Waals surface area contributed by atoms with Crippen LogP contribution in [0.15, 0.2) is 0 Å². The molecule has 0 radical (unpaired) electrons. The molecule has 1 fully saturated rings. The quantitative estimate of drug-likeness (QED) is 0.410. The highest BCUT2D eigenvalue weighted by Crippen LogP contribution is 1.92. The second-order valence-electron chi connectivity index (χ2n) is 2.18. The van der Waals surface area contributed by atoms with Crippen LogP contribution in [0, 0.1) is 0 Å². The van der Waals surface area contributed by atoms with E-state index in [1.165, 1.54) is 0 Å². The molecule has 0 bridgehead atoms. The van der Waals surface area contributed by atoms with Crippen molar-refractivity contribution in [3.05, 3.63) is 0 Å². The Labute approximate surface area is 89.5 Å². The Hall–Kier alpha value is -2.19. The smallest absolute Gasteiger partial charge is 0.450 e. The van der Waals surface area contributed by atoms with Gasteiger partial charge in [-0.1, -0.05) is 0 Å². The van der Waals surface area contributed by atoms with Gasteiger partial charge in [0.05, 0.1) is 0 Å². The minimum atomic E-state index is -1.45. The van der Waals surface area contributed by atoms with Crippen molar-refractivity contribution in [1.29, 1.82) is 0 Å². The number of cyclic esters (lactones) is 2. The molecule has 2 N–H and O–H groups in total. The summed E-state index contributed by atoms with van der Waals surface area (Å²) >= 11 is 0. The number of carbonyl (C=O) groups excluding carboxylic acids is 1. The van der Waals surface area contributed by atoms with Crippen molar-refractivity contribution < 1.29 is 43.5 Å². The molecule has 0 unspecified atom stereocenters. The molecular formula is C7H10O9. The summed E-state index contributed by atoms with van der Waals surface area (Å²) in [7, 11) is 0. The maximum atomic E-state index is 9.80. The summed E-state index contributed by atoms with van der Waals surface area (Å²) in [6, 6.07) is 0. The summed E-state index contributed by atoms with van der Waals surface area (Å²) in [4.78, 5) is 29.0. The Balaban J connectivity index is 0.000000315. The van der Waals surface area contributed by atoms with Crippen molar-refractivity contribution in [2.45, 2.75) is 0 Å². The van der Waals surface area contributed by atoms with Crippen LogP contribution in [0.4, 0.5) is 14.4 Å².